The second kappa shape index (κ2) is 8.85. The summed E-state index contributed by atoms with van der Waals surface area (Å²) in [6.07, 6.45) is 3.02. The Balaban J connectivity index is 2.73. The van der Waals surface area contributed by atoms with E-state index in [1.54, 1.807) is 0 Å². The Hall–Kier alpha value is -1.33. The van der Waals surface area contributed by atoms with Crippen LogP contribution in [0.1, 0.15) is 44.1 Å². The first-order valence-electron chi connectivity index (χ1n) is 7.54. The second-order valence-electron chi connectivity index (χ2n) is 5.32. The predicted molar refractivity (Wildman–Crippen MR) is 80.7 cm³/mol. The van der Waals surface area contributed by atoms with Crippen LogP contribution in [0.5, 0.6) is 0 Å². The van der Waals surface area contributed by atoms with E-state index >= 15 is 0 Å². The molecule has 21 heavy (non-hydrogen) atoms. The molecular weight excluding hydrogens is 271 g/mol. The highest BCUT2D eigenvalue weighted by Crippen LogP contribution is 2.14. The molecule has 1 aromatic heterocycles. The van der Waals surface area contributed by atoms with Gasteiger partial charge in [0.25, 0.3) is 0 Å². The Morgan fingerprint density at radius 1 is 1.38 bits per heavy atom. The van der Waals surface area contributed by atoms with Gasteiger partial charge in [-0.25, -0.2) is 4.39 Å². The number of carbonyl (C=O) groups excluding carboxylic acids is 1. The molecule has 1 rings (SSSR count). The van der Waals surface area contributed by atoms with Crippen molar-refractivity contribution in [3.8, 4) is 0 Å². The maximum atomic E-state index is 12.8. The van der Waals surface area contributed by atoms with E-state index in [1.165, 1.54) is 12.1 Å². The number of ketones is 1. The van der Waals surface area contributed by atoms with Crippen LogP contribution in [-0.4, -0.2) is 46.5 Å². The first-order valence-corrected chi connectivity index (χ1v) is 7.54. The van der Waals surface area contributed by atoms with Crippen molar-refractivity contribution in [3.63, 3.8) is 0 Å². The van der Waals surface area contributed by atoms with Crippen LogP contribution >= 0.6 is 0 Å². The minimum atomic E-state index is -0.446. The monoisotopic (exact) mass is 296 g/mol. The van der Waals surface area contributed by atoms with Gasteiger partial charge < -0.3 is 5.11 Å². The Bertz CT molecular complexity index is 432. The SMILES string of the molecule is CCC(CC)N(CCO)CC(C)C(=O)c1ccc(F)cn1. The van der Waals surface area contributed by atoms with Crippen molar-refractivity contribution in [3.05, 3.63) is 29.8 Å². The Morgan fingerprint density at radius 2 is 2.05 bits per heavy atom. The summed E-state index contributed by atoms with van der Waals surface area (Å²) < 4.78 is 12.8. The lowest BCUT2D eigenvalue weighted by atomic mass is 10.0. The number of carbonyl (C=O) groups is 1. The maximum absolute atomic E-state index is 12.8. The number of halogens is 1. The zero-order valence-corrected chi connectivity index (χ0v) is 13.1. The molecule has 1 atom stereocenters. The summed E-state index contributed by atoms with van der Waals surface area (Å²) in [5.74, 6) is -0.780. The number of Topliss-reactive ketones (excluding diaryl/α,β-unsaturated/α-hetero) is 1. The standard InChI is InChI=1S/C16H25FN2O2/c1-4-14(5-2)19(8-9-20)11-12(3)16(21)15-7-6-13(17)10-18-15/h6-7,10,12,14,20H,4-5,8-9,11H2,1-3H3. The Morgan fingerprint density at radius 3 is 2.52 bits per heavy atom. The van der Waals surface area contributed by atoms with Gasteiger partial charge in [0, 0.05) is 25.0 Å². The van der Waals surface area contributed by atoms with Crippen LogP contribution in [0.2, 0.25) is 0 Å². The van der Waals surface area contributed by atoms with Crippen molar-refractivity contribution < 1.29 is 14.3 Å². The molecule has 0 bridgehead atoms. The molecule has 1 heterocycles. The summed E-state index contributed by atoms with van der Waals surface area (Å²) in [4.78, 5) is 18.3. The van der Waals surface area contributed by atoms with E-state index in [9.17, 15) is 14.3 Å². The molecule has 0 aliphatic carbocycles. The third-order valence-corrected chi connectivity index (χ3v) is 3.78. The fourth-order valence-electron chi connectivity index (χ4n) is 2.57. The van der Waals surface area contributed by atoms with Gasteiger partial charge in [-0.05, 0) is 25.0 Å². The summed E-state index contributed by atoms with van der Waals surface area (Å²) in [6, 6.07) is 3.02. The van der Waals surface area contributed by atoms with E-state index in [4.69, 9.17) is 0 Å². The summed E-state index contributed by atoms with van der Waals surface area (Å²) in [7, 11) is 0. The molecule has 118 valence electrons. The predicted octanol–water partition coefficient (Wildman–Crippen LogP) is 2.52. The molecule has 0 aliphatic rings. The van der Waals surface area contributed by atoms with Gasteiger partial charge >= 0.3 is 0 Å². The summed E-state index contributed by atoms with van der Waals surface area (Å²) in [5, 5.41) is 9.20. The Kier molecular flexibility index (Phi) is 7.47. The summed E-state index contributed by atoms with van der Waals surface area (Å²) in [6.45, 7) is 7.26. The second-order valence-corrected chi connectivity index (χ2v) is 5.32. The van der Waals surface area contributed by atoms with Crippen LogP contribution in [0, 0.1) is 11.7 Å². The third kappa shape index (κ3) is 5.17. The van der Waals surface area contributed by atoms with Gasteiger partial charge in [-0.15, -0.1) is 0 Å². The van der Waals surface area contributed by atoms with Gasteiger partial charge in [0.05, 0.1) is 12.8 Å². The zero-order valence-electron chi connectivity index (χ0n) is 13.1. The lowest BCUT2D eigenvalue weighted by molar-refractivity contribution is 0.0824. The first kappa shape index (κ1) is 17.7. The molecule has 0 saturated heterocycles. The molecule has 1 unspecified atom stereocenters. The largest absolute Gasteiger partial charge is 0.395 e. The van der Waals surface area contributed by atoms with E-state index in [0.29, 0.717) is 19.1 Å². The van der Waals surface area contributed by atoms with Crippen molar-refractivity contribution in [1.29, 1.82) is 0 Å². The van der Waals surface area contributed by atoms with Crippen molar-refractivity contribution in [2.75, 3.05) is 19.7 Å². The number of aliphatic hydroxyl groups is 1. The first-order chi connectivity index (χ1) is 10.0. The number of rotatable bonds is 9. The molecule has 0 spiro atoms. The number of nitrogens with zero attached hydrogens (tertiary/aromatic N) is 2. The van der Waals surface area contributed by atoms with Gasteiger partial charge in [-0.1, -0.05) is 20.8 Å². The average molecular weight is 296 g/mol. The normalized spacial score (nSPS) is 12.9. The Labute approximate surface area is 126 Å². The molecular formula is C16H25FN2O2. The molecule has 5 heteroatoms. The third-order valence-electron chi connectivity index (χ3n) is 3.78. The zero-order chi connectivity index (χ0) is 15.8. The molecule has 0 aliphatic heterocycles. The number of pyridine rings is 1. The van der Waals surface area contributed by atoms with Crippen LogP contribution in [0.4, 0.5) is 4.39 Å². The van der Waals surface area contributed by atoms with Crippen molar-refractivity contribution >= 4 is 5.78 Å². The van der Waals surface area contributed by atoms with E-state index in [0.717, 1.165) is 19.0 Å². The van der Waals surface area contributed by atoms with Crippen molar-refractivity contribution in [2.45, 2.75) is 39.7 Å². The average Bonchev–Trinajstić information content (AvgIpc) is 2.48. The van der Waals surface area contributed by atoms with Crippen LogP contribution < -0.4 is 0 Å². The van der Waals surface area contributed by atoms with Crippen LogP contribution in [0.15, 0.2) is 18.3 Å². The van der Waals surface area contributed by atoms with Gasteiger partial charge in [-0.3, -0.25) is 14.7 Å². The van der Waals surface area contributed by atoms with Gasteiger partial charge in [-0.2, -0.15) is 0 Å². The molecule has 4 nitrogen and oxygen atoms in total. The van der Waals surface area contributed by atoms with E-state index in [-0.39, 0.29) is 24.0 Å². The minimum Gasteiger partial charge on any atom is -0.395 e. The van der Waals surface area contributed by atoms with Gasteiger partial charge in [0.15, 0.2) is 5.78 Å². The molecule has 0 saturated carbocycles. The van der Waals surface area contributed by atoms with Crippen molar-refractivity contribution in [2.24, 2.45) is 5.92 Å². The molecule has 1 aromatic rings. The molecule has 0 aromatic carbocycles. The van der Waals surface area contributed by atoms with Crippen LogP contribution in [0.3, 0.4) is 0 Å². The highest BCUT2D eigenvalue weighted by atomic mass is 19.1. The number of aliphatic hydroxyl groups excluding tert-OH is 1. The fraction of sp³-hybridized carbons (Fsp3) is 0.625. The molecule has 1 N–H and O–H groups in total. The van der Waals surface area contributed by atoms with E-state index in [1.807, 2.05) is 6.92 Å². The van der Waals surface area contributed by atoms with E-state index < -0.39 is 5.82 Å². The van der Waals surface area contributed by atoms with Crippen LogP contribution in [-0.2, 0) is 0 Å². The van der Waals surface area contributed by atoms with Gasteiger partial charge in [0.2, 0.25) is 0 Å². The van der Waals surface area contributed by atoms with E-state index in [2.05, 4.69) is 23.7 Å². The lowest BCUT2D eigenvalue weighted by Gasteiger charge is -2.31. The minimum absolute atomic E-state index is 0.0756. The number of aromatic nitrogens is 1. The smallest absolute Gasteiger partial charge is 0.185 e. The number of hydrogen-bond donors (Lipinski definition) is 1. The van der Waals surface area contributed by atoms with Gasteiger partial charge in [0.1, 0.15) is 11.5 Å². The van der Waals surface area contributed by atoms with Crippen LogP contribution in [0.25, 0.3) is 0 Å². The van der Waals surface area contributed by atoms with Crippen molar-refractivity contribution in [1.82, 2.24) is 9.88 Å². The summed E-state index contributed by atoms with van der Waals surface area (Å²) >= 11 is 0. The topological polar surface area (TPSA) is 53.4 Å². The lowest BCUT2D eigenvalue weighted by Crippen LogP contribution is -2.41. The maximum Gasteiger partial charge on any atom is 0.185 e. The number of hydrogen-bond acceptors (Lipinski definition) is 4. The molecule has 0 fully saturated rings. The highest BCUT2D eigenvalue weighted by Gasteiger charge is 2.22. The quantitative estimate of drug-likeness (QED) is 0.711. The molecule has 0 radical (unpaired) electrons. The fourth-order valence-corrected chi connectivity index (χ4v) is 2.57. The highest BCUT2D eigenvalue weighted by molar-refractivity contribution is 5.95. The summed E-state index contributed by atoms with van der Waals surface area (Å²) in [5.41, 5.74) is 0.289. The molecule has 0 amide bonds.